The highest BCUT2D eigenvalue weighted by molar-refractivity contribution is 7.98. The molecule has 2 aromatic rings. The number of hydrogen-bond donors (Lipinski definition) is 2. The Kier molecular flexibility index (Phi) is 4.48. The van der Waals surface area contributed by atoms with Gasteiger partial charge in [0.15, 0.2) is 5.69 Å². The summed E-state index contributed by atoms with van der Waals surface area (Å²) in [7, 11) is 0. The average Bonchev–Trinajstić information content (AvgIpc) is 2.81. The smallest absolute Gasteiger partial charge is 0.433 e. The molecule has 0 aliphatic rings. The van der Waals surface area contributed by atoms with Gasteiger partial charge >= 0.3 is 12.1 Å². The normalized spacial score (nSPS) is 11.6. The predicted molar refractivity (Wildman–Crippen MR) is 71.6 cm³/mol. The Morgan fingerprint density at radius 3 is 2.62 bits per heavy atom. The van der Waals surface area contributed by atoms with E-state index < -0.39 is 23.4 Å². The number of hydrogen-bond acceptors (Lipinski definition) is 3. The molecule has 0 bridgehead atoms. The second-order valence-electron chi connectivity index (χ2n) is 3.96. The number of aromatic amines is 1. The van der Waals surface area contributed by atoms with Gasteiger partial charge in [-0.3, -0.25) is 5.10 Å². The van der Waals surface area contributed by atoms with Gasteiger partial charge in [-0.2, -0.15) is 18.3 Å². The molecule has 2 N–H and O–H groups in total. The number of nitrogens with one attached hydrogen (secondary N) is 1. The third-order valence-electron chi connectivity index (χ3n) is 2.55. The summed E-state index contributed by atoms with van der Waals surface area (Å²) in [5.41, 5.74) is -1.56. The first-order valence-electron chi connectivity index (χ1n) is 5.55. The third kappa shape index (κ3) is 3.51. The van der Waals surface area contributed by atoms with Crippen molar-refractivity contribution in [2.24, 2.45) is 0 Å². The molecular formula is C12H8ClF3N2O2S. The van der Waals surface area contributed by atoms with Crippen LogP contribution in [0.3, 0.4) is 0 Å². The van der Waals surface area contributed by atoms with Crippen LogP contribution in [0.2, 0.25) is 5.02 Å². The maximum Gasteiger partial charge on any atom is 0.433 e. The molecule has 0 aliphatic heterocycles. The lowest BCUT2D eigenvalue weighted by molar-refractivity contribution is -0.141. The lowest BCUT2D eigenvalue weighted by atomic mass is 10.2. The Morgan fingerprint density at radius 1 is 1.38 bits per heavy atom. The molecule has 9 heteroatoms. The Balaban J connectivity index is 2.27. The first-order chi connectivity index (χ1) is 9.80. The number of aromatic carboxylic acids is 1. The second-order valence-corrected chi connectivity index (χ2v) is 5.33. The summed E-state index contributed by atoms with van der Waals surface area (Å²) in [5, 5.41) is 14.4. The van der Waals surface area contributed by atoms with Crippen LogP contribution in [0.4, 0.5) is 13.2 Å². The largest absolute Gasteiger partial charge is 0.478 e. The van der Waals surface area contributed by atoms with Crippen LogP contribution < -0.4 is 0 Å². The maximum atomic E-state index is 12.7. The molecular weight excluding hydrogens is 329 g/mol. The highest BCUT2D eigenvalue weighted by atomic mass is 35.5. The third-order valence-corrected chi connectivity index (χ3v) is 3.95. The summed E-state index contributed by atoms with van der Waals surface area (Å²) in [5.74, 6) is -1.47. The summed E-state index contributed by atoms with van der Waals surface area (Å²) in [6.45, 7) is 0. The SMILES string of the molecule is O=C(O)c1c(SCc2ccccc2Cl)n[nH]c1C(F)(F)F. The fourth-order valence-electron chi connectivity index (χ4n) is 1.59. The second kappa shape index (κ2) is 5.98. The van der Waals surface area contributed by atoms with Gasteiger partial charge < -0.3 is 5.11 Å². The Morgan fingerprint density at radius 2 is 2.05 bits per heavy atom. The highest BCUT2D eigenvalue weighted by Crippen LogP contribution is 2.36. The number of nitrogens with zero attached hydrogens (tertiary/aromatic N) is 1. The number of aromatic nitrogens is 2. The number of H-pyrrole nitrogens is 1. The molecule has 0 fully saturated rings. The fourth-order valence-corrected chi connectivity index (χ4v) is 2.86. The maximum absolute atomic E-state index is 12.7. The van der Waals surface area contributed by atoms with Crippen molar-refractivity contribution in [2.45, 2.75) is 17.0 Å². The molecule has 0 radical (unpaired) electrons. The van der Waals surface area contributed by atoms with E-state index in [1.807, 2.05) is 0 Å². The van der Waals surface area contributed by atoms with Crippen molar-refractivity contribution in [3.63, 3.8) is 0 Å². The van der Waals surface area contributed by atoms with E-state index in [-0.39, 0.29) is 10.8 Å². The van der Waals surface area contributed by atoms with E-state index in [4.69, 9.17) is 16.7 Å². The number of carboxylic acid groups (broad SMARTS) is 1. The van der Waals surface area contributed by atoms with E-state index in [1.165, 1.54) is 0 Å². The van der Waals surface area contributed by atoms with E-state index in [2.05, 4.69) is 5.10 Å². The topological polar surface area (TPSA) is 66.0 Å². The summed E-state index contributed by atoms with van der Waals surface area (Å²) < 4.78 is 38.1. The van der Waals surface area contributed by atoms with Crippen LogP contribution in [0.15, 0.2) is 29.3 Å². The number of thioether (sulfide) groups is 1. The average molecular weight is 337 g/mol. The minimum absolute atomic E-state index is 0.210. The van der Waals surface area contributed by atoms with Crippen LogP contribution in [0.25, 0.3) is 0 Å². The van der Waals surface area contributed by atoms with Crippen LogP contribution in [0, 0.1) is 0 Å². The minimum atomic E-state index is -4.80. The quantitative estimate of drug-likeness (QED) is 0.826. The highest BCUT2D eigenvalue weighted by Gasteiger charge is 2.39. The van der Waals surface area contributed by atoms with Gasteiger partial charge in [0, 0.05) is 10.8 Å². The molecule has 0 spiro atoms. The molecule has 0 saturated heterocycles. The van der Waals surface area contributed by atoms with Gasteiger partial charge in [0.25, 0.3) is 0 Å². The lowest BCUT2D eigenvalue weighted by Crippen LogP contribution is -2.12. The van der Waals surface area contributed by atoms with Crippen LogP contribution in [0.1, 0.15) is 21.6 Å². The van der Waals surface area contributed by atoms with Gasteiger partial charge in [-0.05, 0) is 11.6 Å². The monoisotopic (exact) mass is 336 g/mol. The molecule has 4 nitrogen and oxygen atoms in total. The minimum Gasteiger partial charge on any atom is -0.478 e. The van der Waals surface area contributed by atoms with E-state index in [9.17, 15) is 18.0 Å². The van der Waals surface area contributed by atoms with Crippen LogP contribution in [-0.4, -0.2) is 21.3 Å². The van der Waals surface area contributed by atoms with E-state index in [0.717, 1.165) is 11.8 Å². The number of carbonyl (C=O) groups is 1. The van der Waals surface area contributed by atoms with E-state index >= 15 is 0 Å². The molecule has 0 aliphatic carbocycles. The summed E-state index contributed by atoms with van der Waals surface area (Å²) in [4.78, 5) is 11.0. The molecule has 0 saturated carbocycles. The molecule has 1 heterocycles. The molecule has 21 heavy (non-hydrogen) atoms. The van der Waals surface area contributed by atoms with Crippen LogP contribution >= 0.6 is 23.4 Å². The van der Waals surface area contributed by atoms with Crippen molar-refractivity contribution in [3.8, 4) is 0 Å². The van der Waals surface area contributed by atoms with Crippen molar-refractivity contribution in [1.82, 2.24) is 10.2 Å². The van der Waals surface area contributed by atoms with Gasteiger partial charge in [0.2, 0.25) is 0 Å². The van der Waals surface area contributed by atoms with Crippen molar-refractivity contribution < 1.29 is 23.1 Å². The van der Waals surface area contributed by atoms with Gasteiger partial charge in [-0.15, -0.1) is 0 Å². The number of alkyl halides is 3. The predicted octanol–water partition coefficient (Wildman–Crippen LogP) is 4.07. The molecule has 112 valence electrons. The lowest BCUT2D eigenvalue weighted by Gasteiger charge is -2.05. The number of halogens is 4. The van der Waals surface area contributed by atoms with Crippen LogP contribution in [0.5, 0.6) is 0 Å². The zero-order chi connectivity index (χ0) is 15.6. The summed E-state index contributed by atoms with van der Waals surface area (Å²) in [6, 6.07) is 6.79. The Labute approximate surface area is 126 Å². The van der Waals surface area contributed by atoms with E-state index in [0.29, 0.717) is 10.6 Å². The van der Waals surface area contributed by atoms with Gasteiger partial charge in [0.1, 0.15) is 10.6 Å². The van der Waals surface area contributed by atoms with Crippen molar-refractivity contribution in [2.75, 3.05) is 0 Å². The molecule has 1 aromatic carbocycles. The molecule has 1 aromatic heterocycles. The molecule has 0 atom stereocenters. The number of benzene rings is 1. The number of carboxylic acids is 1. The Hall–Kier alpha value is -1.67. The molecule has 0 unspecified atom stereocenters. The zero-order valence-corrected chi connectivity index (χ0v) is 11.8. The molecule has 2 rings (SSSR count). The first kappa shape index (κ1) is 15.7. The zero-order valence-electron chi connectivity index (χ0n) is 10.2. The summed E-state index contributed by atoms with van der Waals surface area (Å²) in [6.07, 6.45) is -4.80. The summed E-state index contributed by atoms with van der Waals surface area (Å²) >= 11 is 6.80. The van der Waals surface area contributed by atoms with Crippen molar-refractivity contribution in [1.29, 1.82) is 0 Å². The first-order valence-corrected chi connectivity index (χ1v) is 6.92. The molecule has 0 amide bonds. The van der Waals surface area contributed by atoms with E-state index in [1.54, 1.807) is 29.4 Å². The van der Waals surface area contributed by atoms with Crippen molar-refractivity contribution >= 4 is 29.3 Å². The Bertz CT molecular complexity index is 673. The van der Waals surface area contributed by atoms with Gasteiger partial charge in [-0.25, -0.2) is 4.79 Å². The van der Waals surface area contributed by atoms with Crippen LogP contribution in [-0.2, 0) is 11.9 Å². The fraction of sp³-hybridized carbons (Fsp3) is 0.167. The van der Waals surface area contributed by atoms with Crippen molar-refractivity contribution in [3.05, 3.63) is 46.1 Å². The standard InChI is InChI=1S/C12H8ClF3N2O2S/c13-7-4-2-1-3-6(7)5-21-10-8(11(19)20)9(17-18-10)12(14,15)16/h1-4H,5H2,(H,17,18)(H,19,20). The van der Waals surface area contributed by atoms with Gasteiger partial charge in [-0.1, -0.05) is 41.6 Å². The number of rotatable bonds is 4. The van der Waals surface area contributed by atoms with Gasteiger partial charge in [0.05, 0.1) is 0 Å².